The van der Waals surface area contributed by atoms with E-state index in [1.807, 2.05) is 31.2 Å². The number of hydrogen-bond acceptors (Lipinski definition) is 9. The van der Waals surface area contributed by atoms with Crippen molar-refractivity contribution in [3.8, 4) is 0 Å². The van der Waals surface area contributed by atoms with Crippen molar-refractivity contribution in [2.24, 2.45) is 0 Å². The van der Waals surface area contributed by atoms with Crippen molar-refractivity contribution >= 4 is 84.6 Å². The second-order valence-corrected chi connectivity index (χ2v) is 14.4. The molecule has 3 aliphatic rings. The predicted octanol–water partition coefficient (Wildman–Crippen LogP) is 4.72. The quantitative estimate of drug-likeness (QED) is 0.223. The molecule has 0 bridgehead atoms. The van der Waals surface area contributed by atoms with Crippen LogP contribution in [0.2, 0.25) is 0 Å². The zero-order valence-corrected chi connectivity index (χ0v) is 28.0. The number of carbonyl (C=O) groups excluding carboxylic acids is 2. The lowest BCUT2D eigenvalue weighted by Crippen LogP contribution is -2.36. The minimum absolute atomic E-state index is 0.0222. The van der Waals surface area contributed by atoms with Crippen LogP contribution in [0.4, 0.5) is 11.4 Å². The van der Waals surface area contributed by atoms with Crippen LogP contribution in [0.1, 0.15) is 55.7 Å². The van der Waals surface area contributed by atoms with Crippen molar-refractivity contribution in [1.82, 2.24) is 9.47 Å². The van der Waals surface area contributed by atoms with E-state index in [-0.39, 0.29) is 31.2 Å². The molecule has 2 unspecified atom stereocenters. The van der Waals surface area contributed by atoms with Crippen LogP contribution < -0.4 is 19.7 Å². The Hall–Kier alpha value is -3.77. The molecule has 0 radical (unpaired) electrons. The fourth-order valence-electron chi connectivity index (χ4n) is 6.95. The molecule has 1 aromatic heterocycles. The van der Waals surface area contributed by atoms with Gasteiger partial charge in [-0.1, -0.05) is 54.7 Å². The summed E-state index contributed by atoms with van der Waals surface area (Å²) < 4.78 is 7.80. The van der Waals surface area contributed by atoms with Gasteiger partial charge >= 0.3 is 5.97 Å². The smallest absolute Gasteiger partial charge is 0.326 e. The van der Waals surface area contributed by atoms with Gasteiger partial charge in [0, 0.05) is 29.9 Å². The lowest BCUT2D eigenvalue weighted by molar-refractivity contribution is -0.143. The summed E-state index contributed by atoms with van der Waals surface area (Å²) >= 11 is 7.79. The van der Waals surface area contributed by atoms with E-state index in [1.165, 1.54) is 32.1 Å². The van der Waals surface area contributed by atoms with Crippen molar-refractivity contribution in [2.45, 2.75) is 58.2 Å². The monoisotopic (exact) mass is 671 g/mol. The number of benzene rings is 3. The second-order valence-electron chi connectivity index (χ2n) is 11.7. The van der Waals surface area contributed by atoms with Gasteiger partial charge < -0.3 is 14.7 Å². The summed E-state index contributed by atoms with van der Waals surface area (Å²) in [5, 5.41) is 11.8. The molecule has 2 aliphatic heterocycles. The number of thiocarbonyl (C=S) groups is 1. The Balaban J connectivity index is 1.31. The standard InChI is InChI=1S/C35H33N3O5S3/c1-3-36-33(42)31(46-35(36)44)34-37(18-30(40)43-4-2)32(41)29(45-34)16-20-9-13-28-26(15-20)25-6-5-7-27(25)38(28)24-12-11-22-14-21(19-39)8-10-23(22)17-24/h8-17,25,27,39H,3-7,18-19H2,1-2H3/b29-16+,34-31+. The SMILES string of the molecule is CCOC(=O)Cn1c(=O)/c(=C\c2ccc3c(c2)C2CCCC2N3c2ccc3cc(CO)ccc3c2)s/c1=C1/SC(=S)N(CC)C1=O. The lowest BCUT2D eigenvalue weighted by atomic mass is 9.96. The van der Waals surface area contributed by atoms with Gasteiger partial charge in [-0.25, -0.2) is 0 Å². The van der Waals surface area contributed by atoms with Gasteiger partial charge in [-0.05, 0) is 90.6 Å². The first kappa shape index (κ1) is 30.9. The Morgan fingerprint density at radius 1 is 1.07 bits per heavy atom. The molecule has 1 aliphatic carbocycles. The van der Waals surface area contributed by atoms with Crippen molar-refractivity contribution in [1.29, 1.82) is 0 Å². The molecule has 4 aromatic rings. The molecular weight excluding hydrogens is 639 g/mol. The summed E-state index contributed by atoms with van der Waals surface area (Å²) in [7, 11) is 0. The van der Waals surface area contributed by atoms with Crippen molar-refractivity contribution < 1.29 is 19.4 Å². The number of rotatable bonds is 7. The number of aromatic nitrogens is 1. The largest absolute Gasteiger partial charge is 0.465 e. The first-order valence-corrected chi connectivity index (χ1v) is 17.6. The average molecular weight is 672 g/mol. The van der Waals surface area contributed by atoms with Crippen LogP contribution >= 0.6 is 35.3 Å². The van der Waals surface area contributed by atoms with Crippen molar-refractivity contribution in [3.05, 3.63) is 90.8 Å². The van der Waals surface area contributed by atoms with E-state index in [1.54, 1.807) is 6.92 Å². The Bertz CT molecular complexity index is 2100. The number of aliphatic hydroxyl groups is 1. The number of ether oxygens (including phenoxy) is 1. The molecule has 1 saturated heterocycles. The molecule has 7 rings (SSSR count). The highest BCUT2D eigenvalue weighted by Gasteiger charge is 2.42. The normalized spacial score (nSPS) is 20.6. The summed E-state index contributed by atoms with van der Waals surface area (Å²) in [5.41, 5.74) is 5.07. The van der Waals surface area contributed by atoms with E-state index in [9.17, 15) is 19.5 Å². The molecule has 46 heavy (non-hydrogen) atoms. The number of aliphatic hydroxyl groups excluding tert-OH is 1. The van der Waals surface area contributed by atoms with Gasteiger partial charge in [0.2, 0.25) is 0 Å². The number of hydrogen-bond donors (Lipinski definition) is 1. The third-order valence-electron chi connectivity index (χ3n) is 9.03. The Morgan fingerprint density at radius 2 is 1.87 bits per heavy atom. The summed E-state index contributed by atoms with van der Waals surface area (Å²) in [6, 6.07) is 19.3. The molecule has 236 valence electrons. The molecule has 1 amide bonds. The van der Waals surface area contributed by atoms with Gasteiger partial charge in [-0.2, -0.15) is 0 Å². The van der Waals surface area contributed by atoms with E-state index < -0.39 is 5.97 Å². The molecule has 1 saturated carbocycles. The van der Waals surface area contributed by atoms with Gasteiger partial charge in [-0.3, -0.25) is 23.9 Å². The van der Waals surface area contributed by atoms with Crippen LogP contribution in [-0.4, -0.2) is 50.0 Å². The number of fused-ring (bicyclic) bond motifs is 4. The summed E-state index contributed by atoms with van der Waals surface area (Å²) in [6.45, 7) is 3.94. The van der Waals surface area contributed by atoms with Crippen LogP contribution in [0.3, 0.4) is 0 Å². The molecule has 2 atom stereocenters. The van der Waals surface area contributed by atoms with Crippen LogP contribution in [-0.2, 0) is 27.5 Å². The van der Waals surface area contributed by atoms with Gasteiger partial charge in [0.15, 0.2) is 0 Å². The summed E-state index contributed by atoms with van der Waals surface area (Å²) in [4.78, 5) is 43.8. The molecule has 8 nitrogen and oxygen atoms in total. The number of esters is 1. The van der Waals surface area contributed by atoms with Gasteiger partial charge in [0.05, 0.1) is 17.7 Å². The maximum atomic E-state index is 13.8. The number of nitrogens with zero attached hydrogens (tertiary/aromatic N) is 3. The van der Waals surface area contributed by atoms with Gasteiger partial charge in [0.1, 0.15) is 20.4 Å². The third-order valence-corrected chi connectivity index (χ3v) is 11.7. The Labute approximate surface area is 279 Å². The maximum Gasteiger partial charge on any atom is 0.326 e. The number of anilines is 2. The fraction of sp³-hybridized carbons (Fsp3) is 0.314. The minimum atomic E-state index is -0.534. The highest BCUT2D eigenvalue weighted by Crippen LogP contribution is 2.52. The Morgan fingerprint density at radius 3 is 2.63 bits per heavy atom. The van der Waals surface area contributed by atoms with Gasteiger partial charge in [0.25, 0.3) is 11.5 Å². The van der Waals surface area contributed by atoms with E-state index in [4.69, 9.17) is 17.0 Å². The van der Waals surface area contributed by atoms with Crippen molar-refractivity contribution in [2.75, 3.05) is 18.1 Å². The van der Waals surface area contributed by atoms with Crippen LogP contribution in [0.5, 0.6) is 0 Å². The molecule has 11 heteroatoms. The van der Waals surface area contributed by atoms with Crippen LogP contribution in [0.15, 0.2) is 59.4 Å². The number of thiazole rings is 1. The fourth-order valence-corrected chi connectivity index (χ4v) is 9.59. The first-order chi connectivity index (χ1) is 22.3. The topological polar surface area (TPSA) is 92.1 Å². The van der Waals surface area contributed by atoms with E-state index >= 15 is 0 Å². The predicted molar refractivity (Wildman–Crippen MR) is 188 cm³/mol. The first-order valence-electron chi connectivity index (χ1n) is 15.5. The van der Waals surface area contributed by atoms with Gasteiger partial charge in [-0.15, -0.1) is 11.3 Å². The molecular formula is C35H33N3O5S3. The summed E-state index contributed by atoms with van der Waals surface area (Å²) in [6.07, 6.45) is 5.22. The highest BCUT2D eigenvalue weighted by atomic mass is 32.2. The Kier molecular flexibility index (Phi) is 8.35. The zero-order chi connectivity index (χ0) is 32.1. The third kappa shape index (κ3) is 5.29. The molecule has 1 N–H and O–H groups in total. The number of amides is 1. The summed E-state index contributed by atoms with van der Waals surface area (Å²) in [5.74, 6) is -0.400. The van der Waals surface area contributed by atoms with Crippen LogP contribution in [0, 0.1) is 0 Å². The van der Waals surface area contributed by atoms with E-state index in [2.05, 4.69) is 41.3 Å². The second kappa shape index (κ2) is 12.4. The zero-order valence-electron chi connectivity index (χ0n) is 25.5. The molecule has 3 heterocycles. The van der Waals surface area contributed by atoms with E-state index in [0.29, 0.717) is 36.9 Å². The minimum Gasteiger partial charge on any atom is -0.465 e. The number of thioether (sulfide) groups is 1. The number of carbonyl (C=O) groups is 2. The molecule has 3 aromatic carbocycles. The highest BCUT2D eigenvalue weighted by molar-refractivity contribution is 8.30. The van der Waals surface area contributed by atoms with Crippen molar-refractivity contribution in [3.63, 3.8) is 0 Å². The van der Waals surface area contributed by atoms with Crippen LogP contribution in [0.25, 0.3) is 21.8 Å². The molecule has 2 fully saturated rings. The maximum absolute atomic E-state index is 13.8. The average Bonchev–Trinajstić information content (AvgIpc) is 3.79. The van der Waals surface area contributed by atoms with E-state index in [0.717, 1.165) is 58.6 Å². The lowest BCUT2D eigenvalue weighted by Gasteiger charge is -2.27. The molecule has 0 spiro atoms.